The number of thioether (sulfide) groups is 1. The Morgan fingerprint density at radius 3 is 2.58 bits per heavy atom. The summed E-state index contributed by atoms with van der Waals surface area (Å²) in [5.41, 5.74) is 0. The molecule has 1 saturated heterocycles. The number of amides is 1. The van der Waals surface area contributed by atoms with Crippen molar-refractivity contribution in [3.63, 3.8) is 0 Å². The summed E-state index contributed by atoms with van der Waals surface area (Å²) in [6, 6.07) is 0.363. The van der Waals surface area contributed by atoms with Gasteiger partial charge in [-0.1, -0.05) is 13.8 Å². The minimum atomic E-state index is 0. The van der Waals surface area contributed by atoms with E-state index in [4.69, 9.17) is 0 Å². The summed E-state index contributed by atoms with van der Waals surface area (Å²) >= 11 is 1.93. The largest absolute Gasteiger partial charge is 0.355 e. The van der Waals surface area contributed by atoms with Crippen LogP contribution >= 0.6 is 36.6 Å². The Kier molecular flexibility index (Phi) is 15.1. The molecule has 0 spiro atoms. The Morgan fingerprint density at radius 2 is 2.05 bits per heavy atom. The maximum absolute atomic E-state index is 11.7. The van der Waals surface area contributed by atoms with Crippen molar-refractivity contribution in [3.05, 3.63) is 0 Å². The van der Waals surface area contributed by atoms with Crippen LogP contribution in [-0.2, 0) is 4.79 Å². The van der Waals surface area contributed by atoms with Crippen LogP contribution in [0.4, 0.5) is 0 Å². The van der Waals surface area contributed by atoms with Crippen LogP contribution in [0.1, 0.15) is 20.3 Å². The zero-order chi connectivity index (χ0) is 12.5. The van der Waals surface area contributed by atoms with E-state index in [0.29, 0.717) is 12.5 Å². The molecule has 4 nitrogen and oxygen atoms in total. The van der Waals surface area contributed by atoms with Gasteiger partial charge < -0.3 is 15.5 Å². The van der Waals surface area contributed by atoms with E-state index in [1.807, 2.05) is 11.8 Å². The number of hydrogen-bond acceptors (Lipinski definition) is 4. The van der Waals surface area contributed by atoms with Crippen LogP contribution in [0.2, 0.25) is 0 Å². The van der Waals surface area contributed by atoms with Crippen molar-refractivity contribution in [3.8, 4) is 0 Å². The van der Waals surface area contributed by atoms with Gasteiger partial charge >= 0.3 is 0 Å². The highest BCUT2D eigenvalue weighted by atomic mass is 35.5. The predicted molar refractivity (Wildman–Crippen MR) is 89.0 cm³/mol. The van der Waals surface area contributed by atoms with Gasteiger partial charge in [0.05, 0.1) is 0 Å². The molecule has 0 radical (unpaired) electrons. The summed E-state index contributed by atoms with van der Waals surface area (Å²) in [7, 11) is 0. The fraction of sp³-hybridized carbons (Fsp3) is 0.917. The van der Waals surface area contributed by atoms with Crippen molar-refractivity contribution in [1.82, 2.24) is 15.5 Å². The summed E-state index contributed by atoms with van der Waals surface area (Å²) in [5, 5.41) is 6.38. The van der Waals surface area contributed by atoms with Crippen molar-refractivity contribution in [2.24, 2.45) is 0 Å². The first-order chi connectivity index (χ1) is 8.26. The van der Waals surface area contributed by atoms with Gasteiger partial charge in [0.2, 0.25) is 5.91 Å². The molecule has 1 heterocycles. The van der Waals surface area contributed by atoms with E-state index in [1.54, 1.807) is 0 Å². The maximum atomic E-state index is 11.7. The van der Waals surface area contributed by atoms with E-state index >= 15 is 0 Å². The lowest BCUT2D eigenvalue weighted by molar-refractivity contribution is -0.121. The van der Waals surface area contributed by atoms with Crippen LogP contribution in [-0.4, -0.2) is 61.1 Å². The van der Waals surface area contributed by atoms with Crippen molar-refractivity contribution in [1.29, 1.82) is 0 Å². The van der Waals surface area contributed by atoms with E-state index in [0.717, 1.165) is 38.5 Å². The molecule has 1 aliphatic rings. The first kappa shape index (κ1) is 21.6. The van der Waals surface area contributed by atoms with E-state index in [9.17, 15) is 4.79 Å². The molecule has 19 heavy (non-hydrogen) atoms. The number of rotatable bonds is 7. The molecule has 1 amide bonds. The monoisotopic (exact) mass is 331 g/mol. The third kappa shape index (κ3) is 9.79. The van der Waals surface area contributed by atoms with Crippen molar-refractivity contribution < 1.29 is 4.79 Å². The smallest absolute Gasteiger partial charge is 0.221 e. The fourth-order valence-electron chi connectivity index (χ4n) is 1.94. The van der Waals surface area contributed by atoms with E-state index in [1.165, 1.54) is 5.75 Å². The SMILES string of the molecule is CCN(CC)CCNC(=O)CC1CSCCN1.Cl.Cl. The van der Waals surface area contributed by atoms with Gasteiger partial charge in [-0.15, -0.1) is 24.8 Å². The number of hydrogen-bond donors (Lipinski definition) is 2. The Morgan fingerprint density at radius 1 is 1.37 bits per heavy atom. The number of carbonyl (C=O) groups excluding carboxylic acids is 1. The number of halogens is 2. The topological polar surface area (TPSA) is 44.4 Å². The third-order valence-electron chi connectivity index (χ3n) is 3.07. The van der Waals surface area contributed by atoms with Crippen LogP contribution in [0.5, 0.6) is 0 Å². The Hall–Kier alpha value is 0.320. The van der Waals surface area contributed by atoms with Crippen LogP contribution in [0.15, 0.2) is 0 Å². The van der Waals surface area contributed by atoms with Gasteiger partial charge in [0.25, 0.3) is 0 Å². The highest BCUT2D eigenvalue weighted by Gasteiger charge is 2.16. The highest BCUT2D eigenvalue weighted by Crippen LogP contribution is 2.09. The zero-order valence-electron chi connectivity index (χ0n) is 11.8. The number of likely N-dealkylation sites (N-methyl/N-ethyl adjacent to an activating group) is 1. The number of nitrogens with zero attached hydrogens (tertiary/aromatic N) is 1. The second-order valence-corrected chi connectivity index (χ2v) is 5.46. The minimum absolute atomic E-state index is 0. The van der Waals surface area contributed by atoms with Crippen LogP contribution < -0.4 is 10.6 Å². The molecule has 1 unspecified atom stereocenters. The van der Waals surface area contributed by atoms with E-state index in [-0.39, 0.29) is 30.7 Å². The third-order valence-corrected chi connectivity index (χ3v) is 4.21. The molecule has 0 aliphatic carbocycles. The normalized spacial score (nSPS) is 18.4. The summed E-state index contributed by atoms with van der Waals surface area (Å²) < 4.78 is 0. The summed E-state index contributed by atoms with van der Waals surface area (Å²) in [6.45, 7) is 9.14. The second-order valence-electron chi connectivity index (χ2n) is 4.31. The van der Waals surface area contributed by atoms with Crippen molar-refractivity contribution >= 4 is 42.5 Å². The molecule has 7 heteroatoms. The van der Waals surface area contributed by atoms with Gasteiger partial charge in [-0.3, -0.25) is 4.79 Å². The zero-order valence-corrected chi connectivity index (χ0v) is 14.3. The molecule has 1 aliphatic heterocycles. The van der Waals surface area contributed by atoms with E-state index < -0.39 is 0 Å². The molecule has 0 aromatic heterocycles. The summed E-state index contributed by atoms with van der Waals surface area (Å²) in [4.78, 5) is 14.0. The number of carbonyl (C=O) groups is 1. The predicted octanol–water partition coefficient (Wildman–Crippen LogP) is 1.38. The first-order valence-electron chi connectivity index (χ1n) is 6.56. The molecule has 2 N–H and O–H groups in total. The second kappa shape index (κ2) is 13.3. The van der Waals surface area contributed by atoms with Gasteiger partial charge in [-0.2, -0.15) is 11.8 Å². The summed E-state index contributed by atoms with van der Waals surface area (Å²) in [6.07, 6.45) is 0.616. The van der Waals surface area contributed by atoms with Gasteiger partial charge in [-0.25, -0.2) is 0 Å². The van der Waals surface area contributed by atoms with Gasteiger partial charge in [-0.05, 0) is 13.1 Å². The Labute approximate surface area is 133 Å². The summed E-state index contributed by atoms with van der Waals surface area (Å²) in [5.74, 6) is 2.40. The van der Waals surface area contributed by atoms with Crippen LogP contribution in [0.3, 0.4) is 0 Å². The molecule has 0 aromatic rings. The Balaban J connectivity index is 0. The molecular formula is C12H27Cl2N3OS. The standard InChI is InChI=1S/C12H25N3OS.2ClH/c1-3-15(4-2)7-5-14-12(16)9-11-10-17-8-6-13-11;;/h11,13H,3-10H2,1-2H3,(H,14,16);2*1H. The van der Waals surface area contributed by atoms with Crippen LogP contribution in [0, 0.1) is 0 Å². The molecular weight excluding hydrogens is 305 g/mol. The van der Waals surface area contributed by atoms with Crippen LogP contribution in [0.25, 0.3) is 0 Å². The first-order valence-corrected chi connectivity index (χ1v) is 7.71. The quantitative estimate of drug-likeness (QED) is 0.739. The molecule has 1 fully saturated rings. The fourth-order valence-corrected chi connectivity index (χ4v) is 2.89. The lowest BCUT2D eigenvalue weighted by Crippen LogP contribution is -2.42. The molecule has 1 rings (SSSR count). The average Bonchev–Trinajstić information content (AvgIpc) is 2.36. The van der Waals surface area contributed by atoms with Gasteiger partial charge in [0.15, 0.2) is 0 Å². The minimum Gasteiger partial charge on any atom is -0.355 e. The molecule has 0 aromatic carbocycles. The molecule has 116 valence electrons. The molecule has 0 bridgehead atoms. The lowest BCUT2D eigenvalue weighted by Gasteiger charge is -2.23. The van der Waals surface area contributed by atoms with E-state index in [2.05, 4.69) is 29.4 Å². The maximum Gasteiger partial charge on any atom is 0.221 e. The molecule has 1 atom stereocenters. The number of nitrogens with one attached hydrogen (secondary N) is 2. The lowest BCUT2D eigenvalue weighted by atomic mass is 10.2. The average molecular weight is 332 g/mol. The highest BCUT2D eigenvalue weighted by molar-refractivity contribution is 7.99. The van der Waals surface area contributed by atoms with Crippen molar-refractivity contribution in [2.75, 3.05) is 44.2 Å². The van der Waals surface area contributed by atoms with Gasteiger partial charge in [0, 0.05) is 43.6 Å². The van der Waals surface area contributed by atoms with Crippen molar-refractivity contribution in [2.45, 2.75) is 26.3 Å². The Bertz CT molecular complexity index is 225. The van der Waals surface area contributed by atoms with Gasteiger partial charge in [0.1, 0.15) is 0 Å². The molecule has 0 saturated carbocycles.